The van der Waals surface area contributed by atoms with Crippen LogP contribution in [0.3, 0.4) is 0 Å². The molecule has 14 nitrogen and oxygen atoms in total. The maximum atomic E-state index is 16.1. The van der Waals surface area contributed by atoms with Gasteiger partial charge in [-0.05, 0) is 51.1 Å². The second-order valence-electron chi connectivity index (χ2n) is 10.1. The number of anilines is 1. The quantitative estimate of drug-likeness (QED) is 0.145. The van der Waals surface area contributed by atoms with Crippen molar-refractivity contribution < 1.29 is 46.8 Å². The highest BCUT2D eigenvalue weighted by Gasteiger charge is 2.49. The average Bonchev–Trinajstić information content (AvgIpc) is 3.35. The summed E-state index contributed by atoms with van der Waals surface area (Å²) in [5.74, 6) is -1.44. The Morgan fingerprint density at radius 2 is 1.68 bits per heavy atom. The van der Waals surface area contributed by atoms with Gasteiger partial charge in [0.2, 0.25) is 6.29 Å². The van der Waals surface area contributed by atoms with Crippen molar-refractivity contribution in [2.24, 2.45) is 0 Å². The van der Waals surface area contributed by atoms with E-state index < -0.39 is 67.3 Å². The summed E-state index contributed by atoms with van der Waals surface area (Å²) in [6.45, 7) is 4.70. The van der Waals surface area contributed by atoms with E-state index in [0.29, 0.717) is 18.7 Å². The van der Waals surface area contributed by atoms with Gasteiger partial charge in [-0.3, -0.25) is 13.9 Å². The molecule has 2 heterocycles. The maximum Gasteiger partial charge on any atom is 0.475 e. The second kappa shape index (κ2) is 16.2. The van der Waals surface area contributed by atoms with Gasteiger partial charge < -0.3 is 24.6 Å². The summed E-state index contributed by atoms with van der Waals surface area (Å²) in [5.41, 5.74) is -0.447. The lowest BCUT2D eigenvalue weighted by Gasteiger charge is -2.24. The third kappa shape index (κ3) is 9.49. The molecule has 0 saturated carbocycles. The number of carbonyl (C=O) groups is 3. The van der Waals surface area contributed by atoms with Crippen molar-refractivity contribution in [3.63, 3.8) is 0 Å². The van der Waals surface area contributed by atoms with Crippen molar-refractivity contribution in [2.75, 3.05) is 25.0 Å². The number of aromatic nitrogens is 2. The van der Waals surface area contributed by atoms with Gasteiger partial charge in [0, 0.05) is 24.8 Å². The van der Waals surface area contributed by atoms with E-state index in [9.17, 15) is 28.6 Å². The van der Waals surface area contributed by atoms with Gasteiger partial charge in [0.15, 0.2) is 12.3 Å². The molecular weight excluding hydrogens is 658 g/mol. The summed E-state index contributed by atoms with van der Waals surface area (Å²) >= 11 is 0.807. The number of esters is 1. The average molecular weight is 693 g/mol. The van der Waals surface area contributed by atoms with Gasteiger partial charge in [-0.15, -0.1) is 11.8 Å². The Labute approximate surface area is 273 Å². The van der Waals surface area contributed by atoms with Crippen LogP contribution in [0.5, 0.6) is 0 Å². The largest absolute Gasteiger partial charge is 0.475 e. The number of carbonyl (C=O) groups excluding carboxylic acids is 3. The van der Waals surface area contributed by atoms with Crippen molar-refractivity contribution >= 4 is 43.4 Å². The first kappa shape index (κ1) is 35.8. The van der Waals surface area contributed by atoms with Crippen LogP contribution in [-0.4, -0.2) is 80.8 Å². The molecule has 252 valence electrons. The number of halogens is 1. The van der Waals surface area contributed by atoms with Crippen LogP contribution in [0, 0.1) is 0 Å². The van der Waals surface area contributed by atoms with E-state index in [1.165, 1.54) is 36.2 Å². The Bertz CT molecular complexity index is 1650. The first-order chi connectivity index (χ1) is 22.4. The summed E-state index contributed by atoms with van der Waals surface area (Å²) in [4.78, 5) is 66.0. The maximum absolute atomic E-state index is 16.1. The lowest BCUT2D eigenvalue weighted by Crippen LogP contribution is -2.37. The van der Waals surface area contributed by atoms with E-state index in [1.807, 2.05) is 0 Å². The number of phosphoric ester groups is 1. The number of phosphoric acid groups is 1. The lowest BCUT2D eigenvalue weighted by molar-refractivity contribution is -0.0519. The second-order valence-corrected chi connectivity index (χ2v) is 12.8. The van der Waals surface area contributed by atoms with Crippen LogP contribution in [-0.2, 0) is 23.1 Å². The molecule has 1 fully saturated rings. The zero-order chi connectivity index (χ0) is 34.1. The van der Waals surface area contributed by atoms with E-state index in [-0.39, 0.29) is 11.4 Å². The Balaban J connectivity index is 1.49. The Hall–Kier alpha value is -4.08. The van der Waals surface area contributed by atoms with Crippen LogP contribution < -0.4 is 11.0 Å². The summed E-state index contributed by atoms with van der Waals surface area (Å²) in [6, 6.07) is 17.3. The molecule has 0 radical (unpaired) electrons. The van der Waals surface area contributed by atoms with E-state index in [1.54, 1.807) is 62.4 Å². The number of amides is 2. The summed E-state index contributed by atoms with van der Waals surface area (Å²) in [5, 5.41) is 0.0980. The van der Waals surface area contributed by atoms with Gasteiger partial charge in [-0.1, -0.05) is 36.4 Å². The Kier molecular flexibility index (Phi) is 12.3. The highest BCUT2D eigenvalue weighted by Crippen LogP contribution is 2.49. The molecule has 2 aromatic carbocycles. The van der Waals surface area contributed by atoms with Crippen molar-refractivity contribution in [3.05, 3.63) is 94.5 Å². The Morgan fingerprint density at radius 1 is 1.06 bits per heavy atom. The molecule has 1 aliphatic heterocycles. The number of benzene rings is 2. The first-order valence-corrected chi connectivity index (χ1v) is 17.0. The summed E-state index contributed by atoms with van der Waals surface area (Å²) in [7, 11) is -4.88. The molecule has 2 N–H and O–H groups in total. The number of hydrogen-bond acceptors (Lipinski definition) is 11. The van der Waals surface area contributed by atoms with Crippen LogP contribution in [0.15, 0.2) is 77.7 Å². The van der Waals surface area contributed by atoms with Crippen molar-refractivity contribution in [1.29, 1.82) is 0 Å². The molecule has 4 rings (SSSR count). The number of thioether (sulfide) groups is 1. The van der Waals surface area contributed by atoms with Gasteiger partial charge in [-0.2, -0.15) is 4.98 Å². The smallest absolute Gasteiger partial charge is 0.454 e. The van der Waals surface area contributed by atoms with E-state index in [0.717, 1.165) is 16.3 Å². The van der Waals surface area contributed by atoms with E-state index in [4.69, 9.17) is 18.5 Å². The van der Waals surface area contributed by atoms with Crippen molar-refractivity contribution in [3.8, 4) is 0 Å². The van der Waals surface area contributed by atoms with Crippen LogP contribution in [0.25, 0.3) is 0 Å². The summed E-state index contributed by atoms with van der Waals surface area (Å²) < 4.78 is 50.3. The van der Waals surface area contributed by atoms with Crippen LogP contribution in [0.4, 0.5) is 15.0 Å². The molecule has 17 heteroatoms. The topological polar surface area (TPSA) is 176 Å². The number of nitrogens with zero attached hydrogens (tertiary/aromatic N) is 3. The molecule has 1 aromatic heterocycles. The molecule has 0 aliphatic carbocycles. The van der Waals surface area contributed by atoms with Crippen LogP contribution >= 0.6 is 19.6 Å². The molecule has 0 spiro atoms. The van der Waals surface area contributed by atoms with Gasteiger partial charge in [0.25, 0.3) is 5.91 Å². The highest BCUT2D eigenvalue weighted by atomic mass is 32.2. The highest BCUT2D eigenvalue weighted by molar-refractivity contribution is 8.00. The fourth-order valence-electron chi connectivity index (χ4n) is 4.52. The normalized spacial score (nSPS) is 20.9. The third-order valence-electron chi connectivity index (χ3n) is 6.87. The fraction of sp³-hybridized carbons (Fsp3) is 0.367. The zero-order valence-corrected chi connectivity index (χ0v) is 27.3. The molecule has 0 bridgehead atoms. The van der Waals surface area contributed by atoms with E-state index >= 15 is 4.39 Å². The van der Waals surface area contributed by atoms with Crippen molar-refractivity contribution in [1.82, 2.24) is 14.5 Å². The number of hydrogen-bond donors (Lipinski definition) is 2. The number of ether oxygens (including phenoxy) is 2. The molecule has 3 aromatic rings. The molecule has 2 amide bonds. The van der Waals surface area contributed by atoms with Gasteiger partial charge >= 0.3 is 25.6 Å². The predicted octanol–water partition coefficient (Wildman–Crippen LogP) is 4.63. The minimum atomic E-state index is -4.88. The SMILES string of the molecule is CCN(CC)C(=O)OC(C)OP(=O)(O)OC[C@H]1S[C@@H](n2ccc(NC(=O)c3ccccc3)nc2=O)[C@@H](F)[C@@H]1OC(=O)c1ccccc1. The third-order valence-corrected chi connectivity index (χ3v) is 9.43. The number of nitrogens with one attached hydrogen (secondary N) is 1. The van der Waals surface area contributed by atoms with E-state index in [2.05, 4.69) is 10.3 Å². The van der Waals surface area contributed by atoms with Gasteiger partial charge in [0.05, 0.1) is 17.4 Å². The van der Waals surface area contributed by atoms with Gasteiger partial charge in [-0.25, -0.2) is 27.9 Å². The van der Waals surface area contributed by atoms with Crippen LogP contribution in [0.1, 0.15) is 46.9 Å². The predicted molar refractivity (Wildman–Crippen MR) is 170 cm³/mol. The molecule has 1 saturated heterocycles. The molecule has 1 aliphatic rings. The van der Waals surface area contributed by atoms with Crippen molar-refractivity contribution in [2.45, 2.75) is 50.0 Å². The minimum Gasteiger partial charge on any atom is -0.454 e. The van der Waals surface area contributed by atoms with Crippen LogP contribution in [0.2, 0.25) is 0 Å². The standard InChI is InChI=1S/C30H34FN4O10PS/c1-4-34(5-2)30(39)43-19(3)45-46(40,41)42-18-22-25(44-28(37)21-14-10-7-11-15-21)24(31)27(47-22)35-17-16-23(33-29(35)38)32-26(36)20-12-8-6-9-13-20/h6-17,19,22,24-25,27H,4-5,18H2,1-3H3,(H,40,41)(H,32,33,36,38)/t19?,22-,24+,25-,27-/m1/s1. The molecule has 2 unspecified atom stereocenters. The molecule has 6 atom stereocenters. The van der Waals surface area contributed by atoms with Gasteiger partial charge in [0.1, 0.15) is 11.2 Å². The Morgan fingerprint density at radius 3 is 2.28 bits per heavy atom. The first-order valence-electron chi connectivity index (χ1n) is 14.5. The minimum absolute atomic E-state index is 0.0698. The number of alkyl halides is 1. The monoisotopic (exact) mass is 692 g/mol. The molecule has 47 heavy (non-hydrogen) atoms. The molecular formula is C30H34FN4O10PS. The number of rotatable bonds is 13. The lowest BCUT2D eigenvalue weighted by atomic mass is 10.1. The fourth-order valence-corrected chi connectivity index (χ4v) is 6.91. The zero-order valence-electron chi connectivity index (χ0n) is 25.6. The summed E-state index contributed by atoms with van der Waals surface area (Å²) in [6.07, 6.45) is -4.56.